The Morgan fingerprint density at radius 2 is 1.89 bits per heavy atom. The average Bonchev–Trinajstić information content (AvgIpc) is 2.69. The number of aryl methyl sites for hydroxylation is 2. The molecule has 1 aliphatic rings. The van der Waals surface area contributed by atoms with Crippen LogP contribution in [0.3, 0.4) is 0 Å². The van der Waals surface area contributed by atoms with E-state index in [9.17, 15) is 4.79 Å². The molecule has 19 heavy (non-hydrogen) atoms. The molecular formula is C17H17NO. The van der Waals surface area contributed by atoms with E-state index in [2.05, 4.69) is 37.4 Å². The SMILES string of the molecule is Cc1ccc2c(c1)[C@@H](Cc1ccccc1C)C(=O)N2. The lowest BCUT2D eigenvalue weighted by Crippen LogP contribution is -2.14. The lowest BCUT2D eigenvalue weighted by Gasteiger charge is -2.11. The van der Waals surface area contributed by atoms with Gasteiger partial charge in [-0.2, -0.15) is 0 Å². The van der Waals surface area contributed by atoms with Gasteiger partial charge in [-0.1, -0.05) is 42.0 Å². The van der Waals surface area contributed by atoms with Crippen LogP contribution >= 0.6 is 0 Å². The molecule has 0 bridgehead atoms. The quantitative estimate of drug-likeness (QED) is 0.868. The van der Waals surface area contributed by atoms with Crippen LogP contribution < -0.4 is 5.32 Å². The van der Waals surface area contributed by atoms with Gasteiger partial charge in [0, 0.05) is 5.69 Å². The molecule has 96 valence electrons. The Bertz CT molecular complexity index is 645. The van der Waals surface area contributed by atoms with Gasteiger partial charge in [0.25, 0.3) is 0 Å². The van der Waals surface area contributed by atoms with E-state index in [1.807, 2.05) is 24.3 Å². The van der Waals surface area contributed by atoms with Gasteiger partial charge in [-0.05, 0) is 43.0 Å². The van der Waals surface area contributed by atoms with Crippen molar-refractivity contribution in [2.24, 2.45) is 0 Å². The molecule has 1 heterocycles. The van der Waals surface area contributed by atoms with E-state index < -0.39 is 0 Å². The van der Waals surface area contributed by atoms with Crippen molar-refractivity contribution in [3.8, 4) is 0 Å². The van der Waals surface area contributed by atoms with Gasteiger partial charge in [0.1, 0.15) is 0 Å². The highest BCUT2D eigenvalue weighted by Gasteiger charge is 2.30. The third kappa shape index (κ3) is 2.14. The number of carbonyl (C=O) groups excluding carboxylic acids is 1. The Balaban J connectivity index is 1.97. The third-order valence-corrected chi connectivity index (χ3v) is 3.84. The molecule has 0 fully saturated rings. The summed E-state index contributed by atoms with van der Waals surface area (Å²) in [7, 11) is 0. The fourth-order valence-electron chi connectivity index (χ4n) is 2.71. The molecule has 2 nitrogen and oxygen atoms in total. The van der Waals surface area contributed by atoms with Gasteiger partial charge in [-0.25, -0.2) is 0 Å². The number of hydrogen-bond donors (Lipinski definition) is 1. The first-order valence-corrected chi connectivity index (χ1v) is 6.61. The second-order valence-corrected chi connectivity index (χ2v) is 5.26. The zero-order chi connectivity index (χ0) is 13.4. The Morgan fingerprint density at radius 1 is 1.11 bits per heavy atom. The third-order valence-electron chi connectivity index (χ3n) is 3.84. The van der Waals surface area contributed by atoms with E-state index in [1.54, 1.807) is 0 Å². The van der Waals surface area contributed by atoms with Crippen molar-refractivity contribution in [2.45, 2.75) is 26.2 Å². The van der Waals surface area contributed by atoms with Gasteiger partial charge in [0.15, 0.2) is 0 Å². The number of rotatable bonds is 2. The topological polar surface area (TPSA) is 29.1 Å². The summed E-state index contributed by atoms with van der Waals surface area (Å²) < 4.78 is 0. The standard InChI is InChI=1S/C17H17NO/c1-11-7-8-16-14(9-11)15(17(19)18-16)10-13-6-4-3-5-12(13)2/h3-9,15H,10H2,1-2H3,(H,18,19)/t15-/m1/s1. The Kier molecular flexibility index (Phi) is 2.86. The summed E-state index contributed by atoms with van der Waals surface area (Å²) in [5.74, 6) is 0.0554. The summed E-state index contributed by atoms with van der Waals surface area (Å²) in [5.41, 5.74) is 5.79. The first kappa shape index (κ1) is 12.0. The first-order chi connectivity index (χ1) is 9.15. The predicted octanol–water partition coefficient (Wildman–Crippen LogP) is 3.58. The summed E-state index contributed by atoms with van der Waals surface area (Å²) in [5, 5.41) is 2.98. The second-order valence-electron chi connectivity index (χ2n) is 5.26. The highest BCUT2D eigenvalue weighted by molar-refractivity contribution is 6.03. The molecule has 3 rings (SSSR count). The summed E-state index contributed by atoms with van der Waals surface area (Å²) in [6, 6.07) is 14.4. The van der Waals surface area contributed by atoms with E-state index >= 15 is 0 Å². The van der Waals surface area contributed by atoms with Gasteiger partial charge in [-0.3, -0.25) is 4.79 Å². The molecule has 0 saturated heterocycles. The van der Waals surface area contributed by atoms with E-state index in [-0.39, 0.29) is 11.8 Å². The van der Waals surface area contributed by atoms with Crippen molar-refractivity contribution >= 4 is 11.6 Å². The monoisotopic (exact) mass is 251 g/mol. The van der Waals surface area contributed by atoms with Crippen LogP contribution in [0.2, 0.25) is 0 Å². The molecule has 0 saturated carbocycles. The number of carbonyl (C=O) groups is 1. The minimum atomic E-state index is -0.0593. The minimum absolute atomic E-state index is 0.0593. The molecule has 2 heteroatoms. The van der Waals surface area contributed by atoms with Gasteiger partial charge in [0.05, 0.1) is 5.92 Å². The molecule has 1 amide bonds. The van der Waals surface area contributed by atoms with Crippen LogP contribution in [-0.2, 0) is 11.2 Å². The van der Waals surface area contributed by atoms with Crippen molar-refractivity contribution in [2.75, 3.05) is 5.32 Å². The lowest BCUT2D eigenvalue weighted by molar-refractivity contribution is -0.117. The van der Waals surface area contributed by atoms with Crippen LogP contribution in [0.4, 0.5) is 5.69 Å². The maximum atomic E-state index is 12.1. The summed E-state index contributed by atoms with van der Waals surface area (Å²) in [4.78, 5) is 12.1. The molecule has 0 aliphatic carbocycles. The number of anilines is 1. The van der Waals surface area contributed by atoms with Gasteiger partial charge in [-0.15, -0.1) is 0 Å². The van der Waals surface area contributed by atoms with Crippen LogP contribution in [-0.4, -0.2) is 5.91 Å². The maximum Gasteiger partial charge on any atom is 0.232 e. The van der Waals surface area contributed by atoms with Crippen molar-refractivity contribution in [1.29, 1.82) is 0 Å². The number of nitrogens with one attached hydrogen (secondary N) is 1. The number of amides is 1. The van der Waals surface area contributed by atoms with Crippen LogP contribution in [0.15, 0.2) is 42.5 Å². The first-order valence-electron chi connectivity index (χ1n) is 6.61. The normalized spacial score (nSPS) is 17.2. The molecule has 2 aromatic carbocycles. The van der Waals surface area contributed by atoms with Crippen molar-refractivity contribution < 1.29 is 4.79 Å². The van der Waals surface area contributed by atoms with E-state index in [4.69, 9.17) is 0 Å². The van der Waals surface area contributed by atoms with Crippen LogP contribution in [0, 0.1) is 13.8 Å². The summed E-state index contributed by atoms with van der Waals surface area (Å²) >= 11 is 0. The molecule has 0 unspecified atom stereocenters. The predicted molar refractivity (Wildman–Crippen MR) is 77.4 cm³/mol. The molecule has 1 atom stereocenters. The molecular weight excluding hydrogens is 234 g/mol. The molecule has 0 aromatic heterocycles. The van der Waals surface area contributed by atoms with Crippen molar-refractivity contribution in [1.82, 2.24) is 0 Å². The fourth-order valence-corrected chi connectivity index (χ4v) is 2.71. The van der Waals surface area contributed by atoms with E-state index in [0.717, 1.165) is 17.7 Å². The lowest BCUT2D eigenvalue weighted by atomic mass is 9.90. The van der Waals surface area contributed by atoms with Gasteiger partial charge in [0.2, 0.25) is 5.91 Å². The van der Waals surface area contributed by atoms with E-state index in [0.29, 0.717) is 0 Å². The molecule has 0 radical (unpaired) electrons. The fraction of sp³-hybridized carbons (Fsp3) is 0.235. The Hall–Kier alpha value is -2.09. The molecule has 1 N–H and O–H groups in total. The number of fused-ring (bicyclic) bond motifs is 1. The van der Waals surface area contributed by atoms with Gasteiger partial charge >= 0.3 is 0 Å². The number of benzene rings is 2. The highest BCUT2D eigenvalue weighted by Crippen LogP contribution is 2.35. The van der Waals surface area contributed by atoms with Crippen LogP contribution in [0.25, 0.3) is 0 Å². The molecule has 2 aromatic rings. The van der Waals surface area contributed by atoms with Crippen molar-refractivity contribution in [3.63, 3.8) is 0 Å². The van der Waals surface area contributed by atoms with Crippen LogP contribution in [0.5, 0.6) is 0 Å². The summed E-state index contributed by atoms with van der Waals surface area (Å²) in [6.45, 7) is 4.16. The van der Waals surface area contributed by atoms with Crippen LogP contribution in [0.1, 0.15) is 28.2 Å². The zero-order valence-electron chi connectivity index (χ0n) is 11.2. The van der Waals surface area contributed by atoms with Crippen molar-refractivity contribution in [3.05, 3.63) is 64.7 Å². The van der Waals surface area contributed by atoms with E-state index in [1.165, 1.54) is 16.7 Å². The smallest absolute Gasteiger partial charge is 0.232 e. The molecule has 1 aliphatic heterocycles. The average molecular weight is 251 g/mol. The number of hydrogen-bond acceptors (Lipinski definition) is 1. The highest BCUT2D eigenvalue weighted by atomic mass is 16.2. The van der Waals surface area contributed by atoms with Gasteiger partial charge < -0.3 is 5.32 Å². The maximum absolute atomic E-state index is 12.1. The Morgan fingerprint density at radius 3 is 2.68 bits per heavy atom. The largest absolute Gasteiger partial charge is 0.325 e. The minimum Gasteiger partial charge on any atom is -0.325 e. The molecule has 0 spiro atoms. The Labute approximate surface area is 113 Å². The zero-order valence-corrected chi connectivity index (χ0v) is 11.2. The summed E-state index contributed by atoms with van der Waals surface area (Å²) in [6.07, 6.45) is 0.773. The second kappa shape index (κ2) is 4.54.